The van der Waals surface area contributed by atoms with E-state index >= 15 is 0 Å². The molecule has 0 aromatic carbocycles. The van der Waals surface area contributed by atoms with E-state index in [1.54, 1.807) is 4.90 Å². The predicted octanol–water partition coefficient (Wildman–Crippen LogP) is 1.80. The van der Waals surface area contributed by atoms with Crippen molar-refractivity contribution in [2.75, 3.05) is 12.5 Å². The summed E-state index contributed by atoms with van der Waals surface area (Å²) in [5.74, 6) is 5.59. The molecular weight excluding hydrogens is 254 g/mol. The number of nitrogens with one attached hydrogen (secondary N) is 1. The summed E-state index contributed by atoms with van der Waals surface area (Å²) in [7, 11) is 1.84. The fourth-order valence-electron chi connectivity index (χ4n) is 2.66. The summed E-state index contributed by atoms with van der Waals surface area (Å²) >= 11 is 0. The molecule has 1 aromatic heterocycles. The molecule has 0 radical (unpaired) electrons. The number of hydrazine groups is 1. The zero-order valence-corrected chi connectivity index (χ0v) is 12.4. The van der Waals surface area contributed by atoms with E-state index in [2.05, 4.69) is 29.2 Å². The van der Waals surface area contributed by atoms with Crippen LogP contribution in [-0.4, -0.2) is 33.9 Å². The second kappa shape index (κ2) is 5.75. The molecule has 1 saturated carbocycles. The van der Waals surface area contributed by atoms with E-state index in [0.717, 1.165) is 25.7 Å². The minimum atomic E-state index is -0.0979. The van der Waals surface area contributed by atoms with Crippen molar-refractivity contribution in [3.63, 3.8) is 0 Å². The average molecular weight is 277 g/mol. The predicted molar refractivity (Wildman–Crippen MR) is 78.0 cm³/mol. The van der Waals surface area contributed by atoms with Gasteiger partial charge in [0, 0.05) is 13.1 Å². The summed E-state index contributed by atoms with van der Waals surface area (Å²) in [6, 6.07) is 0.284. The summed E-state index contributed by atoms with van der Waals surface area (Å²) in [5, 5.41) is 0. The molecule has 0 saturated heterocycles. The van der Waals surface area contributed by atoms with E-state index < -0.39 is 0 Å². The molecule has 0 spiro atoms. The van der Waals surface area contributed by atoms with E-state index in [4.69, 9.17) is 5.84 Å². The van der Waals surface area contributed by atoms with Crippen LogP contribution in [0.25, 0.3) is 0 Å². The molecule has 1 amide bonds. The van der Waals surface area contributed by atoms with Gasteiger partial charge in [-0.15, -0.1) is 0 Å². The van der Waals surface area contributed by atoms with Crippen molar-refractivity contribution in [3.8, 4) is 0 Å². The number of carbonyl (C=O) groups is 1. The molecule has 20 heavy (non-hydrogen) atoms. The molecule has 1 heterocycles. The van der Waals surface area contributed by atoms with Crippen LogP contribution in [0.5, 0.6) is 0 Å². The lowest BCUT2D eigenvalue weighted by Crippen LogP contribution is -2.41. The third-order valence-corrected chi connectivity index (χ3v) is 4.18. The van der Waals surface area contributed by atoms with Gasteiger partial charge in [0.15, 0.2) is 5.82 Å². The van der Waals surface area contributed by atoms with E-state index in [1.807, 2.05) is 7.05 Å². The van der Waals surface area contributed by atoms with Crippen LogP contribution < -0.4 is 11.3 Å². The molecule has 1 aliphatic carbocycles. The Bertz CT molecular complexity index is 478. The lowest BCUT2D eigenvalue weighted by atomic mass is 9.75. The Labute approximate surface area is 119 Å². The first-order valence-electron chi connectivity index (χ1n) is 6.99. The van der Waals surface area contributed by atoms with Crippen molar-refractivity contribution in [1.29, 1.82) is 0 Å². The van der Waals surface area contributed by atoms with Crippen LogP contribution in [0.3, 0.4) is 0 Å². The molecule has 6 heteroatoms. The maximum atomic E-state index is 12.4. The number of nitrogen functional groups attached to an aromatic ring is 1. The molecule has 1 aliphatic rings. The molecule has 3 N–H and O–H groups in total. The second-order valence-corrected chi connectivity index (χ2v) is 6.25. The average Bonchev–Trinajstić information content (AvgIpc) is 2.46. The summed E-state index contributed by atoms with van der Waals surface area (Å²) in [4.78, 5) is 22.3. The van der Waals surface area contributed by atoms with Crippen LogP contribution in [0, 0.1) is 5.41 Å². The third kappa shape index (κ3) is 3.25. The first kappa shape index (κ1) is 14.7. The van der Waals surface area contributed by atoms with Crippen molar-refractivity contribution < 1.29 is 4.79 Å². The highest BCUT2D eigenvalue weighted by Crippen LogP contribution is 2.36. The Morgan fingerprint density at radius 1 is 1.40 bits per heavy atom. The molecule has 6 nitrogen and oxygen atoms in total. The number of nitrogens with two attached hydrogens (primary N) is 1. The van der Waals surface area contributed by atoms with Crippen LogP contribution in [0.15, 0.2) is 12.4 Å². The van der Waals surface area contributed by atoms with Gasteiger partial charge in [-0.1, -0.05) is 13.8 Å². The number of anilines is 1. The van der Waals surface area contributed by atoms with E-state index in [9.17, 15) is 4.79 Å². The van der Waals surface area contributed by atoms with Crippen molar-refractivity contribution in [2.24, 2.45) is 11.3 Å². The third-order valence-electron chi connectivity index (χ3n) is 4.18. The van der Waals surface area contributed by atoms with E-state index in [-0.39, 0.29) is 11.9 Å². The molecule has 0 atom stereocenters. The second-order valence-electron chi connectivity index (χ2n) is 6.25. The normalized spacial score (nSPS) is 18.6. The molecule has 2 rings (SSSR count). The highest BCUT2D eigenvalue weighted by molar-refractivity contribution is 5.92. The number of hydrogen-bond acceptors (Lipinski definition) is 5. The molecule has 0 aliphatic heterocycles. The maximum absolute atomic E-state index is 12.4. The van der Waals surface area contributed by atoms with Gasteiger partial charge in [-0.2, -0.15) is 0 Å². The zero-order chi connectivity index (χ0) is 14.8. The number of nitrogens with zero attached hydrogens (tertiary/aromatic N) is 3. The smallest absolute Gasteiger partial charge is 0.274 e. The van der Waals surface area contributed by atoms with E-state index in [1.165, 1.54) is 12.4 Å². The quantitative estimate of drug-likeness (QED) is 0.650. The summed E-state index contributed by atoms with van der Waals surface area (Å²) in [6.45, 7) is 4.57. The van der Waals surface area contributed by atoms with Crippen molar-refractivity contribution in [2.45, 2.75) is 45.6 Å². The minimum absolute atomic E-state index is 0.0979. The Kier molecular flexibility index (Phi) is 4.23. The van der Waals surface area contributed by atoms with Gasteiger partial charge in [0.1, 0.15) is 5.69 Å². The fourth-order valence-corrected chi connectivity index (χ4v) is 2.66. The largest absolute Gasteiger partial charge is 0.337 e. The van der Waals surface area contributed by atoms with Gasteiger partial charge < -0.3 is 10.3 Å². The molecule has 0 bridgehead atoms. The fraction of sp³-hybridized carbons (Fsp3) is 0.643. The minimum Gasteiger partial charge on any atom is -0.337 e. The SMILES string of the molecule is CN(C(=O)c1cncc(NN)n1)C1CCC(C)(C)CC1. The summed E-state index contributed by atoms with van der Waals surface area (Å²) in [5.41, 5.74) is 3.13. The Balaban J connectivity index is 2.05. The van der Waals surface area contributed by atoms with Crippen molar-refractivity contribution in [3.05, 3.63) is 18.1 Å². The molecular formula is C14H23N5O. The van der Waals surface area contributed by atoms with Crippen molar-refractivity contribution in [1.82, 2.24) is 14.9 Å². The van der Waals surface area contributed by atoms with Crippen LogP contribution in [0.4, 0.5) is 5.82 Å². The summed E-state index contributed by atoms with van der Waals surface area (Å²) in [6.07, 6.45) is 7.33. The van der Waals surface area contributed by atoms with Crippen molar-refractivity contribution >= 4 is 11.7 Å². The van der Waals surface area contributed by atoms with Gasteiger partial charge in [0.25, 0.3) is 5.91 Å². The Hall–Kier alpha value is -1.69. The van der Waals surface area contributed by atoms with Gasteiger partial charge in [-0.3, -0.25) is 9.78 Å². The van der Waals surface area contributed by atoms with Gasteiger partial charge in [-0.25, -0.2) is 10.8 Å². The van der Waals surface area contributed by atoms with Crippen LogP contribution >= 0.6 is 0 Å². The van der Waals surface area contributed by atoms with Crippen LogP contribution in [0.2, 0.25) is 0 Å². The first-order chi connectivity index (χ1) is 9.43. The maximum Gasteiger partial charge on any atom is 0.274 e. The molecule has 110 valence electrons. The number of rotatable bonds is 3. The van der Waals surface area contributed by atoms with Gasteiger partial charge in [0.2, 0.25) is 0 Å². The number of carbonyl (C=O) groups excluding carboxylic acids is 1. The molecule has 1 fully saturated rings. The molecule has 1 aromatic rings. The number of aromatic nitrogens is 2. The topological polar surface area (TPSA) is 84.1 Å². The van der Waals surface area contributed by atoms with Gasteiger partial charge in [-0.05, 0) is 31.1 Å². The lowest BCUT2D eigenvalue weighted by Gasteiger charge is -2.38. The first-order valence-corrected chi connectivity index (χ1v) is 6.99. The van der Waals surface area contributed by atoms with Crippen LogP contribution in [0.1, 0.15) is 50.0 Å². The summed E-state index contributed by atoms with van der Waals surface area (Å²) < 4.78 is 0. The highest BCUT2D eigenvalue weighted by Gasteiger charge is 2.31. The standard InChI is InChI=1S/C14H23N5O/c1-14(2)6-4-10(5-7-14)19(3)13(20)11-8-16-9-12(17-11)18-15/h8-10H,4-7,15H2,1-3H3,(H,17,18). The Morgan fingerprint density at radius 2 is 2.05 bits per heavy atom. The van der Waals surface area contributed by atoms with Gasteiger partial charge in [0.05, 0.1) is 12.4 Å². The Morgan fingerprint density at radius 3 is 2.65 bits per heavy atom. The monoisotopic (exact) mass is 277 g/mol. The zero-order valence-electron chi connectivity index (χ0n) is 12.4. The number of amides is 1. The highest BCUT2D eigenvalue weighted by atomic mass is 16.2. The van der Waals surface area contributed by atoms with E-state index in [0.29, 0.717) is 16.9 Å². The lowest BCUT2D eigenvalue weighted by molar-refractivity contribution is 0.0629. The van der Waals surface area contributed by atoms with Gasteiger partial charge >= 0.3 is 0 Å². The molecule has 0 unspecified atom stereocenters. The number of hydrogen-bond donors (Lipinski definition) is 2. The van der Waals surface area contributed by atoms with Crippen LogP contribution in [-0.2, 0) is 0 Å².